The first-order valence-corrected chi connectivity index (χ1v) is 24.2. The lowest BCUT2D eigenvalue weighted by atomic mass is 9.79. The Kier molecular flexibility index (Phi) is 15.2. The maximum atomic E-state index is 14.5. The fourth-order valence-corrected chi connectivity index (χ4v) is 11.2. The van der Waals surface area contributed by atoms with Gasteiger partial charge in [-0.1, -0.05) is 168 Å². The summed E-state index contributed by atoms with van der Waals surface area (Å²) in [6, 6.07) is 26.5. The number of carbonyl (C=O) groups is 2. The Morgan fingerprint density at radius 2 is 1.48 bits per heavy atom. The van der Waals surface area contributed by atoms with Gasteiger partial charge in [0.25, 0.3) is 0 Å². The van der Waals surface area contributed by atoms with Crippen LogP contribution in [0, 0.1) is 11.8 Å². The van der Waals surface area contributed by atoms with E-state index in [1.165, 1.54) is 85.6 Å². The lowest BCUT2D eigenvalue weighted by Crippen LogP contribution is -2.23. The van der Waals surface area contributed by atoms with Gasteiger partial charge in [0, 0.05) is 43.4 Å². The molecule has 1 saturated carbocycles. The van der Waals surface area contributed by atoms with Crippen molar-refractivity contribution >= 4 is 40.7 Å². The van der Waals surface area contributed by atoms with E-state index in [-0.39, 0.29) is 11.6 Å². The van der Waals surface area contributed by atoms with Gasteiger partial charge in [0.15, 0.2) is 11.6 Å². The fourth-order valence-electron chi connectivity index (χ4n) is 9.11. The van der Waals surface area contributed by atoms with Crippen LogP contribution in [0.25, 0.3) is 16.7 Å². The number of ketones is 2. The zero-order valence-electron chi connectivity index (χ0n) is 36.4. The highest BCUT2D eigenvalue weighted by atomic mass is 32.2. The molecule has 1 fully saturated rings. The lowest BCUT2D eigenvalue weighted by Gasteiger charge is -2.26. The second-order valence-corrected chi connectivity index (χ2v) is 19.7. The van der Waals surface area contributed by atoms with Crippen LogP contribution in [0.3, 0.4) is 0 Å². The maximum absolute atomic E-state index is 14.5. The molecule has 310 valence electrons. The topological polar surface area (TPSA) is 34.1 Å². The maximum Gasteiger partial charge on any atom is 0.195 e. The predicted octanol–water partition coefficient (Wildman–Crippen LogP) is 16.3. The number of carbonyl (C=O) groups excluding carboxylic acids is 2. The average molecular weight is 831 g/mol. The number of Topliss-reactive ketones (excluding diaryl/α,β-unsaturated/α-hetero) is 2. The zero-order valence-corrected chi connectivity index (χ0v) is 38.0. The van der Waals surface area contributed by atoms with Crippen molar-refractivity contribution in [3.63, 3.8) is 0 Å². The van der Waals surface area contributed by atoms with Crippen molar-refractivity contribution in [3.05, 3.63) is 170 Å². The van der Waals surface area contributed by atoms with E-state index in [0.29, 0.717) is 41.1 Å². The largest absolute Gasteiger partial charge is 0.289 e. The van der Waals surface area contributed by atoms with Crippen LogP contribution in [-0.2, 0) is 9.59 Å². The summed E-state index contributed by atoms with van der Waals surface area (Å²) in [6.07, 6.45) is 30.7. The second-order valence-electron chi connectivity index (χ2n) is 17.4. The van der Waals surface area contributed by atoms with Gasteiger partial charge in [-0.05, 0) is 138 Å². The average Bonchev–Trinajstić information content (AvgIpc) is 3.57. The summed E-state index contributed by atoms with van der Waals surface area (Å²) in [5, 5.41) is 0. The van der Waals surface area contributed by atoms with Crippen LogP contribution in [-0.4, -0.2) is 11.6 Å². The molecule has 3 aromatic rings. The first-order valence-electron chi connectivity index (χ1n) is 22.5. The van der Waals surface area contributed by atoms with Crippen LogP contribution in [0.5, 0.6) is 0 Å². The highest BCUT2D eigenvalue weighted by Crippen LogP contribution is 2.45. The third-order valence-electron chi connectivity index (χ3n) is 12.6. The molecule has 0 heterocycles. The highest BCUT2D eigenvalue weighted by Gasteiger charge is 2.36. The Labute approximate surface area is 368 Å². The van der Waals surface area contributed by atoms with Gasteiger partial charge in [-0.15, -0.1) is 0 Å². The molecule has 7 rings (SSSR count). The van der Waals surface area contributed by atoms with Gasteiger partial charge in [0.05, 0.1) is 0 Å². The number of hydrogen-bond donors (Lipinski definition) is 0. The minimum Gasteiger partial charge on any atom is -0.289 e. The molecule has 2 nitrogen and oxygen atoms in total. The van der Waals surface area contributed by atoms with Gasteiger partial charge in [0.2, 0.25) is 0 Å². The summed E-state index contributed by atoms with van der Waals surface area (Å²) >= 11 is 3.26. The van der Waals surface area contributed by atoms with Crippen molar-refractivity contribution < 1.29 is 9.59 Å². The predicted molar refractivity (Wildman–Crippen MR) is 258 cm³/mol. The molecular weight excluding hydrogens is 769 g/mol. The molecule has 0 radical (unpaired) electrons. The van der Waals surface area contributed by atoms with Gasteiger partial charge in [-0.3, -0.25) is 9.59 Å². The minimum absolute atomic E-state index is 0.0430. The molecule has 3 aromatic carbocycles. The summed E-state index contributed by atoms with van der Waals surface area (Å²) < 4.78 is 0. The van der Waals surface area contributed by atoms with E-state index in [1.54, 1.807) is 23.5 Å². The number of unbranched alkanes of at least 4 members (excludes halogenated alkanes) is 2. The molecule has 4 aliphatic carbocycles. The van der Waals surface area contributed by atoms with Crippen molar-refractivity contribution in [2.75, 3.05) is 0 Å². The summed E-state index contributed by atoms with van der Waals surface area (Å²) in [6.45, 7) is 11.2. The second kappa shape index (κ2) is 20.9. The van der Waals surface area contributed by atoms with Crippen molar-refractivity contribution in [2.45, 2.75) is 127 Å². The molecule has 4 heteroatoms. The van der Waals surface area contributed by atoms with Gasteiger partial charge in [0.1, 0.15) is 0 Å². The Morgan fingerprint density at radius 1 is 0.800 bits per heavy atom. The smallest absolute Gasteiger partial charge is 0.195 e. The van der Waals surface area contributed by atoms with Crippen LogP contribution in [0.1, 0.15) is 129 Å². The molecule has 0 aliphatic heterocycles. The Morgan fingerprint density at radius 3 is 2.18 bits per heavy atom. The molecule has 1 unspecified atom stereocenters. The van der Waals surface area contributed by atoms with Crippen molar-refractivity contribution in [1.82, 2.24) is 0 Å². The number of rotatable bonds is 15. The Hall–Kier alpha value is -4.38. The van der Waals surface area contributed by atoms with Gasteiger partial charge in [-0.2, -0.15) is 0 Å². The van der Waals surface area contributed by atoms with E-state index < -0.39 is 0 Å². The third kappa shape index (κ3) is 10.9. The van der Waals surface area contributed by atoms with E-state index in [1.807, 2.05) is 25.2 Å². The van der Waals surface area contributed by atoms with Crippen LogP contribution in [0.4, 0.5) is 0 Å². The van der Waals surface area contributed by atoms with Crippen molar-refractivity contribution in [3.8, 4) is 11.1 Å². The number of thioether (sulfide) groups is 2. The molecule has 0 aromatic heterocycles. The quantitative estimate of drug-likeness (QED) is 0.0868. The monoisotopic (exact) mass is 830 g/mol. The SMILES string of the molecule is C/C=C(\C=C/CCCCC(C)CCC)c1ccc(SC2=CC(C)=CC3=C(C2)C(=O)C2=C(C3=O)C(Sc3ccc(-c4ccc(C5CCC(C)CC5)cc4)cc3)=CCC=C2)cc1. The summed E-state index contributed by atoms with van der Waals surface area (Å²) in [4.78, 5) is 33.0. The fraction of sp³-hybridized carbons (Fsp3) is 0.357. The minimum atomic E-state index is -0.0598. The lowest BCUT2D eigenvalue weighted by molar-refractivity contribution is -0.116. The van der Waals surface area contributed by atoms with Crippen LogP contribution < -0.4 is 0 Å². The summed E-state index contributed by atoms with van der Waals surface area (Å²) in [7, 11) is 0. The summed E-state index contributed by atoms with van der Waals surface area (Å²) in [5.74, 6) is 2.27. The van der Waals surface area contributed by atoms with Gasteiger partial charge < -0.3 is 0 Å². The zero-order chi connectivity index (χ0) is 42.0. The molecule has 0 bridgehead atoms. The van der Waals surface area contributed by atoms with E-state index in [2.05, 4.69) is 131 Å². The van der Waals surface area contributed by atoms with Crippen molar-refractivity contribution in [2.24, 2.45) is 11.8 Å². The molecular formula is C56H62O2S2. The molecule has 60 heavy (non-hydrogen) atoms. The first kappa shape index (κ1) is 43.7. The van der Waals surface area contributed by atoms with Crippen LogP contribution >= 0.6 is 23.5 Å². The Balaban J connectivity index is 0.993. The molecule has 1 atom stereocenters. The number of benzene rings is 3. The van der Waals surface area contributed by atoms with E-state index in [9.17, 15) is 9.59 Å². The highest BCUT2D eigenvalue weighted by molar-refractivity contribution is 8.03. The first-order chi connectivity index (χ1) is 29.2. The Bertz CT molecular complexity index is 2280. The molecule has 0 saturated heterocycles. The normalized spacial score (nSPS) is 20.4. The molecule has 0 spiro atoms. The van der Waals surface area contributed by atoms with Crippen molar-refractivity contribution in [1.29, 1.82) is 0 Å². The number of hydrogen-bond acceptors (Lipinski definition) is 4. The van der Waals surface area contributed by atoms with Crippen LogP contribution in [0.15, 0.2) is 169 Å². The van der Waals surface area contributed by atoms with Crippen LogP contribution in [0.2, 0.25) is 0 Å². The third-order valence-corrected chi connectivity index (χ3v) is 14.8. The summed E-state index contributed by atoms with van der Waals surface area (Å²) in [5.41, 5.74) is 9.43. The number of allylic oxidation sites excluding steroid dienone is 15. The molecule has 4 aliphatic rings. The molecule has 0 N–H and O–H groups in total. The van der Waals surface area contributed by atoms with Gasteiger partial charge in [-0.25, -0.2) is 0 Å². The van der Waals surface area contributed by atoms with E-state index in [0.717, 1.165) is 43.4 Å². The van der Waals surface area contributed by atoms with E-state index >= 15 is 0 Å². The standard InChI is InChI=1S/C56H62O2S2/c1-6-14-38(3)15-10-8-9-11-16-41(7-2)42-27-31-47(32-28-42)59-49-35-40(5)36-51-52(37-49)55(57)50-17-12-13-18-53(54(50)56(51)58)60-48-33-29-46(30-34-48)45-25-23-44(24-26-45)43-21-19-39(4)20-22-43/h7,11-12,16-18,23-36,38-39,43H,6,8-10,13-15,19-22,37H2,1-5H3/b16-11-,41-7+. The van der Waals surface area contributed by atoms with Gasteiger partial charge >= 0.3 is 0 Å². The molecule has 0 amide bonds. The van der Waals surface area contributed by atoms with E-state index in [4.69, 9.17) is 0 Å².